The van der Waals surface area contributed by atoms with E-state index in [9.17, 15) is 10.1 Å². The fourth-order valence-corrected chi connectivity index (χ4v) is 2.32. The van der Waals surface area contributed by atoms with Gasteiger partial charge in [0, 0.05) is 16.1 Å². The number of hydrogen-bond donors (Lipinski definition) is 2. The van der Waals surface area contributed by atoms with Crippen LogP contribution in [0.2, 0.25) is 5.02 Å². The van der Waals surface area contributed by atoms with Gasteiger partial charge in [0.15, 0.2) is 0 Å². The van der Waals surface area contributed by atoms with Crippen LogP contribution in [0.4, 0.5) is 0 Å². The molecule has 5 nitrogen and oxygen atoms in total. The third kappa shape index (κ3) is 3.11. The van der Waals surface area contributed by atoms with Gasteiger partial charge in [0.05, 0.1) is 0 Å². The van der Waals surface area contributed by atoms with Crippen molar-refractivity contribution in [1.82, 2.24) is 5.32 Å². The number of nitriles is 1. The van der Waals surface area contributed by atoms with E-state index in [1.165, 1.54) is 0 Å². The van der Waals surface area contributed by atoms with Crippen LogP contribution in [0.5, 0.6) is 5.75 Å². The van der Waals surface area contributed by atoms with E-state index in [0.29, 0.717) is 16.3 Å². The lowest BCUT2D eigenvalue weighted by molar-refractivity contribution is -0.123. The second-order valence-corrected chi connectivity index (χ2v) is 6.28. The molecule has 0 fully saturated rings. The molecule has 2 rings (SSSR count). The van der Waals surface area contributed by atoms with E-state index in [1.54, 1.807) is 18.2 Å². The minimum atomic E-state index is -0.823. The van der Waals surface area contributed by atoms with Crippen LogP contribution in [-0.2, 0) is 4.79 Å². The molecule has 0 saturated carbocycles. The molecule has 1 amide bonds. The van der Waals surface area contributed by atoms with Crippen molar-refractivity contribution in [2.24, 2.45) is 5.73 Å². The minimum Gasteiger partial charge on any atom is -0.440 e. The van der Waals surface area contributed by atoms with Gasteiger partial charge in [0.2, 0.25) is 11.8 Å². The van der Waals surface area contributed by atoms with Gasteiger partial charge in [-0.25, -0.2) is 0 Å². The first kappa shape index (κ1) is 15.2. The molecular weight excluding hydrogens is 290 g/mol. The standard InChI is InChI=1S/C15H16ClN3O2/c1-15(2,3)19-14(20)12-9-6-8(16)4-5-11(9)21-13(18)10(12)7-17/h4-6,12H,18H2,1-3H3,(H,19,20). The predicted molar refractivity (Wildman–Crippen MR) is 79.5 cm³/mol. The third-order valence-electron chi connectivity index (χ3n) is 2.94. The molecule has 6 heteroatoms. The number of rotatable bonds is 1. The summed E-state index contributed by atoms with van der Waals surface area (Å²) in [4.78, 5) is 12.6. The first-order valence-electron chi connectivity index (χ1n) is 6.42. The Morgan fingerprint density at radius 3 is 2.71 bits per heavy atom. The number of carbonyl (C=O) groups excluding carboxylic acids is 1. The average molecular weight is 306 g/mol. The highest BCUT2D eigenvalue weighted by Crippen LogP contribution is 2.39. The summed E-state index contributed by atoms with van der Waals surface area (Å²) in [6.45, 7) is 5.59. The number of hydrogen-bond acceptors (Lipinski definition) is 4. The second-order valence-electron chi connectivity index (χ2n) is 5.85. The predicted octanol–water partition coefficient (Wildman–Crippen LogP) is 2.42. The van der Waals surface area contributed by atoms with Crippen molar-refractivity contribution >= 4 is 17.5 Å². The van der Waals surface area contributed by atoms with Gasteiger partial charge in [-0.05, 0) is 39.0 Å². The third-order valence-corrected chi connectivity index (χ3v) is 3.17. The van der Waals surface area contributed by atoms with Gasteiger partial charge >= 0.3 is 0 Å². The van der Waals surface area contributed by atoms with E-state index in [0.717, 1.165) is 0 Å². The number of carbonyl (C=O) groups is 1. The molecule has 21 heavy (non-hydrogen) atoms. The molecule has 1 atom stereocenters. The van der Waals surface area contributed by atoms with Crippen molar-refractivity contribution in [3.8, 4) is 11.8 Å². The Kier molecular flexibility index (Phi) is 3.84. The summed E-state index contributed by atoms with van der Waals surface area (Å²) in [6, 6.07) is 6.85. The molecule has 0 radical (unpaired) electrons. The first-order chi connectivity index (χ1) is 9.73. The molecule has 1 aromatic carbocycles. The Balaban J connectivity index is 2.53. The number of fused-ring (bicyclic) bond motifs is 1. The molecule has 0 spiro atoms. The monoisotopic (exact) mass is 305 g/mol. The number of nitrogens with one attached hydrogen (secondary N) is 1. The highest BCUT2D eigenvalue weighted by atomic mass is 35.5. The fourth-order valence-electron chi connectivity index (χ4n) is 2.14. The molecule has 0 aliphatic carbocycles. The number of nitrogens with two attached hydrogens (primary N) is 1. The van der Waals surface area contributed by atoms with E-state index in [2.05, 4.69) is 5.32 Å². The largest absolute Gasteiger partial charge is 0.440 e. The van der Waals surface area contributed by atoms with Gasteiger partial charge in [-0.3, -0.25) is 4.79 Å². The van der Waals surface area contributed by atoms with Crippen LogP contribution in [0.15, 0.2) is 29.7 Å². The maximum Gasteiger partial charge on any atom is 0.233 e. The SMILES string of the molecule is CC(C)(C)NC(=O)C1C(C#N)=C(N)Oc2ccc(Cl)cc21. The zero-order valence-electron chi connectivity index (χ0n) is 12.0. The maximum atomic E-state index is 12.6. The molecule has 110 valence electrons. The zero-order chi connectivity index (χ0) is 15.8. The smallest absolute Gasteiger partial charge is 0.233 e. The van der Waals surface area contributed by atoms with Gasteiger partial charge in [0.25, 0.3) is 0 Å². The van der Waals surface area contributed by atoms with Crippen molar-refractivity contribution < 1.29 is 9.53 Å². The number of nitrogens with zero attached hydrogens (tertiary/aromatic N) is 1. The summed E-state index contributed by atoms with van der Waals surface area (Å²) < 4.78 is 5.40. The number of benzene rings is 1. The lowest BCUT2D eigenvalue weighted by atomic mass is 9.88. The molecule has 1 aliphatic heterocycles. The van der Waals surface area contributed by atoms with Crippen LogP contribution in [0.1, 0.15) is 32.3 Å². The molecule has 1 aliphatic rings. The molecule has 0 aromatic heterocycles. The lowest BCUT2D eigenvalue weighted by Crippen LogP contribution is -2.44. The quantitative estimate of drug-likeness (QED) is 0.834. The van der Waals surface area contributed by atoms with E-state index >= 15 is 0 Å². The lowest BCUT2D eigenvalue weighted by Gasteiger charge is -2.29. The number of ether oxygens (including phenoxy) is 1. The summed E-state index contributed by atoms with van der Waals surface area (Å²) in [7, 11) is 0. The van der Waals surface area contributed by atoms with Crippen LogP contribution in [0, 0.1) is 11.3 Å². The zero-order valence-corrected chi connectivity index (χ0v) is 12.8. The van der Waals surface area contributed by atoms with E-state index in [-0.39, 0.29) is 17.4 Å². The van der Waals surface area contributed by atoms with Crippen LogP contribution >= 0.6 is 11.6 Å². The van der Waals surface area contributed by atoms with Crippen molar-refractivity contribution in [3.05, 3.63) is 40.2 Å². The van der Waals surface area contributed by atoms with Crippen molar-refractivity contribution in [1.29, 1.82) is 5.26 Å². The van der Waals surface area contributed by atoms with Crippen molar-refractivity contribution in [2.45, 2.75) is 32.2 Å². The normalized spacial score (nSPS) is 17.6. The average Bonchev–Trinajstić information content (AvgIpc) is 2.35. The molecule has 1 aromatic rings. The number of amides is 1. The fraction of sp³-hybridized carbons (Fsp3) is 0.333. The molecular formula is C15H16ClN3O2. The van der Waals surface area contributed by atoms with Gasteiger partial charge in [-0.15, -0.1) is 0 Å². The van der Waals surface area contributed by atoms with Crippen molar-refractivity contribution in [3.63, 3.8) is 0 Å². The Morgan fingerprint density at radius 2 is 2.14 bits per heavy atom. The minimum absolute atomic E-state index is 0.0543. The van der Waals surface area contributed by atoms with E-state index in [4.69, 9.17) is 22.1 Å². The van der Waals surface area contributed by atoms with Gasteiger partial charge < -0.3 is 15.8 Å². The summed E-state index contributed by atoms with van der Waals surface area (Å²) in [5.74, 6) is -0.753. The van der Waals surface area contributed by atoms with E-state index < -0.39 is 11.5 Å². The molecule has 1 heterocycles. The van der Waals surface area contributed by atoms with Gasteiger partial charge in [0.1, 0.15) is 23.3 Å². The Morgan fingerprint density at radius 1 is 1.48 bits per heavy atom. The topological polar surface area (TPSA) is 88.1 Å². The highest BCUT2D eigenvalue weighted by Gasteiger charge is 2.36. The molecule has 3 N–H and O–H groups in total. The van der Waals surface area contributed by atoms with Crippen LogP contribution in [0.25, 0.3) is 0 Å². The second kappa shape index (κ2) is 5.30. The maximum absolute atomic E-state index is 12.6. The molecule has 1 unspecified atom stereocenters. The van der Waals surface area contributed by atoms with Crippen LogP contribution in [-0.4, -0.2) is 11.4 Å². The van der Waals surface area contributed by atoms with Gasteiger partial charge in [-0.1, -0.05) is 11.6 Å². The van der Waals surface area contributed by atoms with Gasteiger partial charge in [-0.2, -0.15) is 5.26 Å². The van der Waals surface area contributed by atoms with Crippen LogP contribution in [0.3, 0.4) is 0 Å². The van der Waals surface area contributed by atoms with Crippen LogP contribution < -0.4 is 15.8 Å². The van der Waals surface area contributed by atoms with E-state index in [1.807, 2.05) is 26.8 Å². The Labute approximate surface area is 128 Å². The Hall–Kier alpha value is -2.19. The molecule has 0 bridgehead atoms. The number of halogens is 1. The summed E-state index contributed by atoms with van der Waals surface area (Å²) in [5.41, 5.74) is 5.96. The first-order valence-corrected chi connectivity index (χ1v) is 6.80. The summed E-state index contributed by atoms with van der Waals surface area (Å²) in [5, 5.41) is 12.6. The van der Waals surface area contributed by atoms with Crippen molar-refractivity contribution in [2.75, 3.05) is 0 Å². The summed E-state index contributed by atoms with van der Waals surface area (Å²) >= 11 is 5.99. The Bertz CT molecular complexity index is 668. The summed E-state index contributed by atoms with van der Waals surface area (Å²) in [6.07, 6.45) is 0. The highest BCUT2D eigenvalue weighted by molar-refractivity contribution is 6.30. The molecule has 0 saturated heterocycles.